The maximum atomic E-state index is 4.41. The van der Waals surface area contributed by atoms with Crippen molar-refractivity contribution in [1.29, 1.82) is 0 Å². The van der Waals surface area contributed by atoms with Crippen molar-refractivity contribution in [3.8, 4) is 0 Å². The van der Waals surface area contributed by atoms with Gasteiger partial charge in [-0.1, -0.05) is 13.0 Å². The SMILES string of the molecule is CCNCc1ccc2c(ccn2Cc2cc(C)nn2C)c1. The lowest BCUT2D eigenvalue weighted by molar-refractivity contribution is 0.673. The number of fused-ring (bicyclic) bond motifs is 1. The van der Waals surface area contributed by atoms with Gasteiger partial charge < -0.3 is 9.88 Å². The van der Waals surface area contributed by atoms with Gasteiger partial charge in [-0.25, -0.2) is 0 Å². The third-order valence-corrected chi connectivity index (χ3v) is 3.85. The summed E-state index contributed by atoms with van der Waals surface area (Å²) in [5, 5.41) is 9.08. The Morgan fingerprint density at radius 3 is 2.76 bits per heavy atom. The van der Waals surface area contributed by atoms with Gasteiger partial charge in [0.05, 0.1) is 17.9 Å². The third kappa shape index (κ3) is 2.85. The molecule has 2 heterocycles. The number of rotatable bonds is 5. The van der Waals surface area contributed by atoms with Crippen LogP contribution in [0.25, 0.3) is 10.9 Å². The van der Waals surface area contributed by atoms with Gasteiger partial charge in [0.15, 0.2) is 0 Å². The second-order valence-corrected chi connectivity index (χ2v) is 5.52. The van der Waals surface area contributed by atoms with Crippen LogP contribution in [0.5, 0.6) is 0 Å². The normalized spacial score (nSPS) is 11.4. The first-order valence-corrected chi connectivity index (χ1v) is 7.45. The molecule has 1 aromatic carbocycles. The van der Waals surface area contributed by atoms with Crippen LogP contribution in [0, 0.1) is 6.92 Å². The summed E-state index contributed by atoms with van der Waals surface area (Å²) in [7, 11) is 2.00. The maximum absolute atomic E-state index is 4.41. The highest BCUT2D eigenvalue weighted by molar-refractivity contribution is 5.81. The highest BCUT2D eigenvalue weighted by atomic mass is 15.3. The van der Waals surface area contributed by atoms with Crippen LogP contribution >= 0.6 is 0 Å². The van der Waals surface area contributed by atoms with Crippen molar-refractivity contribution in [2.75, 3.05) is 6.54 Å². The molecule has 0 unspecified atom stereocenters. The van der Waals surface area contributed by atoms with Crippen LogP contribution in [0.4, 0.5) is 0 Å². The lowest BCUT2D eigenvalue weighted by Crippen LogP contribution is -2.11. The summed E-state index contributed by atoms with van der Waals surface area (Å²) >= 11 is 0. The summed E-state index contributed by atoms with van der Waals surface area (Å²) in [6.07, 6.45) is 2.16. The molecule has 4 nitrogen and oxygen atoms in total. The van der Waals surface area contributed by atoms with Crippen LogP contribution in [-0.4, -0.2) is 20.9 Å². The molecule has 0 amide bonds. The summed E-state index contributed by atoms with van der Waals surface area (Å²) in [4.78, 5) is 0. The van der Waals surface area contributed by atoms with Gasteiger partial charge >= 0.3 is 0 Å². The Morgan fingerprint density at radius 2 is 2.05 bits per heavy atom. The van der Waals surface area contributed by atoms with Crippen molar-refractivity contribution in [2.45, 2.75) is 26.9 Å². The number of hydrogen-bond donors (Lipinski definition) is 1. The lowest BCUT2D eigenvalue weighted by Gasteiger charge is -2.07. The first kappa shape index (κ1) is 13.9. The molecule has 21 heavy (non-hydrogen) atoms. The number of aromatic nitrogens is 3. The Bertz CT molecular complexity index is 751. The molecule has 0 saturated carbocycles. The number of aryl methyl sites for hydroxylation is 2. The number of benzene rings is 1. The van der Waals surface area contributed by atoms with Crippen molar-refractivity contribution >= 4 is 10.9 Å². The molecule has 0 bridgehead atoms. The predicted octanol–water partition coefficient (Wildman–Crippen LogP) is 2.84. The number of hydrogen-bond acceptors (Lipinski definition) is 2. The molecule has 110 valence electrons. The zero-order valence-electron chi connectivity index (χ0n) is 12.9. The van der Waals surface area contributed by atoms with E-state index in [0.29, 0.717) is 0 Å². The van der Waals surface area contributed by atoms with Gasteiger partial charge in [-0.2, -0.15) is 5.10 Å². The summed E-state index contributed by atoms with van der Waals surface area (Å²) in [5.74, 6) is 0. The predicted molar refractivity (Wildman–Crippen MR) is 86.4 cm³/mol. The van der Waals surface area contributed by atoms with E-state index < -0.39 is 0 Å². The zero-order valence-corrected chi connectivity index (χ0v) is 12.9. The first-order chi connectivity index (χ1) is 10.2. The smallest absolute Gasteiger partial charge is 0.0645 e. The van der Waals surface area contributed by atoms with Gasteiger partial charge in [-0.3, -0.25) is 4.68 Å². The molecule has 0 aliphatic rings. The van der Waals surface area contributed by atoms with Crippen molar-refractivity contribution in [1.82, 2.24) is 19.7 Å². The van der Waals surface area contributed by atoms with Gasteiger partial charge in [0.25, 0.3) is 0 Å². The molecule has 3 rings (SSSR count). The van der Waals surface area contributed by atoms with Crippen LogP contribution in [0.3, 0.4) is 0 Å². The fourth-order valence-corrected chi connectivity index (χ4v) is 2.75. The highest BCUT2D eigenvalue weighted by Gasteiger charge is 2.06. The van der Waals surface area contributed by atoms with E-state index in [4.69, 9.17) is 0 Å². The zero-order chi connectivity index (χ0) is 14.8. The highest BCUT2D eigenvalue weighted by Crippen LogP contribution is 2.19. The fourth-order valence-electron chi connectivity index (χ4n) is 2.75. The molecule has 0 aliphatic carbocycles. The van der Waals surface area contributed by atoms with E-state index in [1.807, 2.05) is 18.7 Å². The van der Waals surface area contributed by atoms with E-state index in [2.05, 4.69) is 58.4 Å². The summed E-state index contributed by atoms with van der Waals surface area (Å²) in [6.45, 7) is 6.94. The molecule has 2 aromatic heterocycles. The molecular formula is C17H22N4. The second-order valence-electron chi connectivity index (χ2n) is 5.52. The molecule has 0 atom stereocenters. The standard InChI is InChI=1S/C17H22N4/c1-4-18-11-14-5-6-17-15(10-14)7-8-21(17)12-16-9-13(2)19-20(16)3/h5-10,18H,4,11-12H2,1-3H3. The molecule has 3 aromatic rings. The Balaban J connectivity index is 1.88. The maximum Gasteiger partial charge on any atom is 0.0645 e. The molecule has 0 spiro atoms. The Labute approximate surface area is 125 Å². The monoisotopic (exact) mass is 282 g/mol. The average Bonchev–Trinajstić information content (AvgIpc) is 3.00. The van der Waals surface area contributed by atoms with Crippen molar-refractivity contribution < 1.29 is 0 Å². The van der Waals surface area contributed by atoms with Crippen LogP contribution in [0.1, 0.15) is 23.9 Å². The fraction of sp³-hybridized carbons (Fsp3) is 0.353. The molecule has 0 aliphatic heterocycles. The molecule has 0 radical (unpaired) electrons. The second kappa shape index (κ2) is 5.74. The minimum absolute atomic E-state index is 0.855. The summed E-state index contributed by atoms with van der Waals surface area (Å²) in [5.41, 5.74) is 4.89. The van der Waals surface area contributed by atoms with Crippen LogP contribution in [0.15, 0.2) is 36.5 Å². The number of nitrogens with one attached hydrogen (secondary N) is 1. The molecule has 0 fully saturated rings. The Morgan fingerprint density at radius 1 is 1.19 bits per heavy atom. The van der Waals surface area contributed by atoms with E-state index in [9.17, 15) is 0 Å². The van der Waals surface area contributed by atoms with Gasteiger partial charge in [-0.15, -0.1) is 0 Å². The van der Waals surface area contributed by atoms with E-state index in [1.165, 1.54) is 22.2 Å². The average molecular weight is 282 g/mol. The first-order valence-electron chi connectivity index (χ1n) is 7.45. The molecule has 1 N–H and O–H groups in total. The Hall–Kier alpha value is -2.07. The minimum atomic E-state index is 0.855. The van der Waals surface area contributed by atoms with Crippen molar-refractivity contribution in [3.63, 3.8) is 0 Å². The molecule has 0 saturated heterocycles. The van der Waals surface area contributed by atoms with E-state index in [1.54, 1.807) is 0 Å². The Kier molecular flexibility index (Phi) is 3.80. The van der Waals surface area contributed by atoms with E-state index >= 15 is 0 Å². The largest absolute Gasteiger partial charge is 0.341 e. The summed E-state index contributed by atoms with van der Waals surface area (Å²) < 4.78 is 4.24. The van der Waals surface area contributed by atoms with Crippen LogP contribution < -0.4 is 5.32 Å². The molecule has 4 heteroatoms. The van der Waals surface area contributed by atoms with Gasteiger partial charge in [0.2, 0.25) is 0 Å². The summed E-state index contributed by atoms with van der Waals surface area (Å²) in [6, 6.07) is 11.0. The van der Waals surface area contributed by atoms with E-state index in [-0.39, 0.29) is 0 Å². The van der Waals surface area contributed by atoms with Crippen LogP contribution in [-0.2, 0) is 20.1 Å². The van der Waals surface area contributed by atoms with Crippen LogP contribution in [0.2, 0.25) is 0 Å². The van der Waals surface area contributed by atoms with E-state index in [0.717, 1.165) is 25.3 Å². The quantitative estimate of drug-likeness (QED) is 0.781. The van der Waals surface area contributed by atoms with Gasteiger partial charge in [0, 0.05) is 25.3 Å². The van der Waals surface area contributed by atoms with Crippen molar-refractivity contribution in [2.24, 2.45) is 7.05 Å². The topological polar surface area (TPSA) is 34.8 Å². The van der Waals surface area contributed by atoms with Crippen molar-refractivity contribution in [3.05, 3.63) is 53.5 Å². The van der Waals surface area contributed by atoms with Gasteiger partial charge in [0.1, 0.15) is 0 Å². The van der Waals surface area contributed by atoms with Gasteiger partial charge in [-0.05, 0) is 48.7 Å². The number of nitrogens with zero attached hydrogens (tertiary/aromatic N) is 3. The molecular weight excluding hydrogens is 260 g/mol. The third-order valence-electron chi connectivity index (χ3n) is 3.85. The lowest BCUT2D eigenvalue weighted by atomic mass is 10.1. The minimum Gasteiger partial charge on any atom is -0.341 e.